The monoisotopic (exact) mass is 551 g/mol. The molecule has 2 unspecified atom stereocenters. The van der Waals surface area contributed by atoms with Gasteiger partial charge in [0.15, 0.2) is 0 Å². The Hall–Kier alpha value is -3.26. The summed E-state index contributed by atoms with van der Waals surface area (Å²) in [4.78, 5) is 21.4. The largest absolute Gasteiger partial charge is 0.487 e. The summed E-state index contributed by atoms with van der Waals surface area (Å²) in [5.41, 5.74) is 3.93. The molecule has 1 N–H and O–H groups in total. The molecule has 0 bridgehead atoms. The quantitative estimate of drug-likeness (QED) is 0.279. The van der Waals surface area contributed by atoms with Gasteiger partial charge < -0.3 is 14.4 Å². The van der Waals surface area contributed by atoms with Crippen molar-refractivity contribution in [1.82, 2.24) is 14.5 Å². The van der Waals surface area contributed by atoms with E-state index in [1.54, 1.807) is 18.3 Å². The molecule has 0 amide bonds. The molecule has 2 aromatic heterocycles. The minimum atomic E-state index is -0.803. The Morgan fingerprint density at radius 2 is 2.00 bits per heavy atom. The number of carboxylic acid groups (broad SMARTS) is 1. The molecule has 186 valence electrons. The van der Waals surface area contributed by atoms with E-state index in [1.807, 2.05) is 41.8 Å². The topological polar surface area (TPSA) is 77.2 Å². The molecule has 2 atom stereocenters. The van der Waals surface area contributed by atoms with Crippen LogP contribution in [0.1, 0.15) is 54.2 Å². The third-order valence-corrected chi connectivity index (χ3v) is 7.36. The van der Waals surface area contributed by atoms with Crippen molar-refractivity contribution in [2.24, 2.45) is 5.92 Å². The first-order valence-corrected chi connectivity index (χ1v) is 12.9. The molecule has 6 nitrogen and oxygen atoms in total. The molecule has 36 heavy (non-hydrogen) atoms. The molecule has 4 aromatic rings. The second-order valence-corrected chi connectivity index (χ2v) is 10.3. The summed E-state index contributed by atoms with van der Waals surface area (Å²) in [6.45, 7) is 2.55. The number of fused-ring (bicyclic) bond motifs is 1. The smallest absolute Gasteiger partial charge is 0.307 e. The van der Waals surface area contributed by atoms with Crippen LogP contribution >= 0.6 is 15.9 Å². The highest BCUT2D eigenvalue weighted by molar-refractivity contribution is 9.10. The second-order valence-electron chi connectivity index (χ2n) is 9.39. The van der Waals surface area contributed by atoms with Gasteiger partial charge in [-0.1, -0.05) is 40.9 Å². The van der Waals surface area contributed by atoms with Gasteiger partial charge >= 0.3 is 5.97 Å². The van der Waals surface area contributed by atoms with Gasteiger partial charge in [-0.05, 0) is 55.7 Å². The van der Waals surface area contributed by atoms with Crippen molar-refractivity contribution < 1.29 is 19.0 Å². The summed E-state index contributed by atoms with van der Waals surface area (Å²) < 4.78 is 23.5. The predicted octanol–water partition coefficient (Wildman–Crippen LogP) is 6.63. The number of halogens is 2. The van der Waals surface area contributed by atoms with Crippen LogP contribution < -0.4 is 4.74 Å². The number of nitrogens with zero attached hydrogens (tertiary/aromatic N) is 3. The lowest BCUT2D eigenvalue weighted by atomic mass is 9.78. The zero-order chi connectivity index (χ0) is 25.2. The maximum Gasteiger partial charge on any atom is 0.307 e. The number of ether oxygens (including phenoxy) is 1. The van der Waals surface area contributed by atoms with Gasteiger partial charge in [-0.25, -0.2) is 9.37 Å². The van der Waals surface area contributed by atoms with Crippen LogP contribution in [0.2, 0.25) is 0 Å². The fraction of sp³-hybridized carbons (Fsp3) is 0.321. The summed E-state index contributed by atoms with van der Waals surface area (Å²) in [5, 5.41) is 9.91. The fourth-order valence-electron chi connectivity index (χ4n) is 4.96. The Balaban J connectivity index is 1.55. The maximum absolute atomic E-state index is 14.8. The zero-order valence-electron chi connectivity index (χ0n) is 20.0. The van der Waals surface area contributed by atoms with E-state index in [9.17, 15) is 14.3 Å². The Labute approximate surface area is 217 Å². The van der Waals surface area contributed by atoms with Crippen molar-refractivity contribution in [3.63, 3.8) is 0 Å². The number of hydrogen-bond acceptors (Lipinski definition) is 4. The van der Waals surface area contributed by atoms with Crippen LogP contribution in [0.15, 0.2) is 59.2 Å². The Morgan fingerprint density at radius 1 is 1.17 bits per heavy atom. The Kier molecular flexibility index (Phi) is 7.05. The number of imidazole rings is 1. The summed E-state index contributed by atoms with van der Waals surface area (Å²) in [6, 6.07) is 14.5. The van der Waals surface area contributed by atoms with E-state index >= 15 is 0 Å². The first-order chi connectivity index (χ1) is 17.4. The predicted molar refractivity (Wildman–Crippen MR) is 139 cm³/mol. The average Bonchev–Trinajstić information content (AvgIpc) is 3.22. The lowest BCUT2D eigenvalue weighted by Gasteiger charge is -2.28. The van der Waals surface area contributed by atoms with Crippen molar-refractivity contribution in [3.05, 3.63) is 87.7 Å². The Morgan fingerprint density at radius 3 is 2.75 bits per heavy atom. The molecule has 0 radical (unpaired) electrons. The van der Waals surface area contributed by atoms with Gasteiger partial charge in [-0.15, -0.1) is 0 Å². The third-order valence-electron chi connectivity index (χ3n) is 6.87. The SMILES string of the molecule is Cc1ccc(COc2ccc3nc(C4CCCCC4C(=O)O)n(Cc4ccc(Br)cc4F)c3c2)nc1. The van der Waals surface area contributed by atoms with Gasteiger partial charge in [-0.3, -0.25) is 9.78 Å². The molecule has 2 aromatic carbocycles. The van der Waals surface area contributed by atoms with Crippen molar-refractivity contribution in [1.29, 1.82) is 0 Å². The lowest BCUT2D eigenvalue weighted by Crippen LogP contribution is -2.28. The number of carbonyl (C=O) groups is 1. The van der Waals surface area contributed by atoms with Gasteiger partial charge in [0, 0.05) is 28.2 Å². The lowest BCUT2D eigenvalue weighted by molar-refractivity contribution is -0.143. The fourth-order valence-corrected chi connectivity index (χ4v) is 5.29. The van der Waals surface area contributed by atoms with Gasteiger partial charge in [0.25, 0.3) is 0 Å². The summed E-state index contributed by atoms with van der Waals surface area (Å²) in [5.74, 6) is -0.532. The molecule has 0 saturated heterocycles. The molecule has 1 fully saturated rings. The number of benzene rings is 2. The van der Waals surface area contributed by atoms with Crippen LogP contribution in [0.5, 0.6) is 5.75 Å². The van der Waals surface area contributed by atoms with E-state index < -0.39 is 11.9 Å². The number of aromatic nitrogens is 3. The number of carboxylic acids is 1. The zero-order valence-corrected chi connectivity index (χ0v) is 21.5. The molecule has 5 rings (SSSR count). The molecule has 0 spiro atoms. The van der Waals surface area contributed by atoms with Gasteiger partial charge in [0.1, 0.15) is 24.0 Å². The van der Waals surface area contributed by atoms with E-state index in [2.05, 4.69) is 20.9 Å². The van der Waals surface area contributed by atoms with Crippen molar-refractivity contribution in [2.45, 2.75) is 51.7 Å². The number of hydrogen-bond donors (Lipinski definition) is 1. The highest BCUT2D eigenvalue weighted by Gasteiger charge is 2.35. The van der Waals surface area contributed by atoms with Crippen LogP contribution in [0.3, 0.4) is 0 Å². The minimum Gasteiger partial charge on any atom is -0.487 e. The number of aliphatic carboxylic acids is 1. The first kappa shape index (κ1) is 24.4. The Bertz CT molecular complexity index is 1400. The molecule has 2 heterocycles. The van der Waals surface area contributed by atoms with Gasteiger partial charge in [0.05, 0.1) is 29.2 Å². The standard InChI is InChI=1S/C28H27BrFN3O3/c1-17-6-9-20(31-14-17)16-36-21-10-11-25-26(13-21)33(15-18-7-8-19(29)12-24(18)30)27(32-25)22-4-2-3-5-23(22)28(34)35/h6-14,22-23H,2-5,15-16H2,1H3,(H,34,35). The summed E-state index contributed by atoms with van der Waals surface area (Å²) >= 11 is 3.32. The highest BCUT2D eigenvalue weighted by atomic mass is 79.9. The van der Waals surface area contributed by atoms with Crippen LogP contribution in [-0.2, 0) is 17.9 Å². The van der Waals surface area contributed by atoms with Crippen LogP contribution in [-0.4, -0.2) is 25.6 Å². The molecule has 1 aliphatic carbocycles. The maximum atomic E-state index is 14.8. The number of aryl methyl sites for hydroxylation is 1. The van der Waals surface area contributed by atoms with Crippen molar-refractivity contribution in [2.75, 3.05) is 0 Å². The van der Waals surface area contributed by atoms with Crippen LogP contribution in [0, 0.1) is 18.7 Å². The van der Waals surface area contributed by atoms with E-state index in [-0.39, 0.29) is 18.3 Å². The molecular formula is C28H27BrFN3O3. The first-order valence-electron chi connectivity index (χ1n) is 12.1. The molecule has 0 aliphatic heterocycles. The van der Waals surface area contributed by atoms with Gasteiger partial charge in [0.2, 0.25) is 0 Å². The van der Waals surface area contributed by atoms with Crippen LogP contribution in [0.25, 0.3) is 11.0 Å². The van der Waals surface area contributed by atoms with E-state index in [4.69, 9.17) is 9.72 Å². The normalized spacial score (nSPS) is 17.9. The molecule has 1 aliphatic rings. The summed E-state index contributed by atoms with van der Waals surface area (Å²) in [6.07, 6.45) is 5.00. The highest BCUT2D eigenvalue weighted by Crippen LogP contribution is 2.39. The third kappa shape index (κ3) is 5.14. The molecular weight excluding hydrogens is 525 g/mol. The summed E-state index contributed by atoms with van der Waals surface area (Å²) in [7, 11) is 0. The van der Waals surface area contributed by atoms with E-state index in [1.165, 1.54) is 6.07 Å². The van der Waals surface area contributed by atoms with Gasteiger partial charge in [-0.2, -0.15) is 0 Å². The van der Waals surface area contributed by atoms with E-state index in [0.29, 0.717) is 34.6 Å². The van der Waals surface area contributed by atoms with Crippen LogP contribution in [0.4, 0.5) is 4.39 Å². The van der Waals surface area contributed by atoms with E-state index in [0.717, 1.165) is 41.6 Å². The second kappa shape index (κ2) is 10.4. The van der Waals surface area contributed by atoms with Crippen molar-refractivity contribution in [3.8, 4) is 5.75 Å². The van der Waals surface area contributed by atoms with Crippen molar-refractivity contribution >= 4 is 32.9 Å². The minimum absolute atomic E-state index is 0.233. The molecule has 1 saturated carbocycles. The molecule has 8 heteroatoms. The average molecular weight is 552 g/mol. The number of pyridine rings is 1. The number of rotatable bonds is 7.